The molecule has 3 aromatic carbocycles. The molecule has 30 heavy (non-hydrogen) atoms. The summed E-state index contributed by atoms with van der Waals surface area (Å²) in [4.78, 5) is 12.4. The molecule has 2 N–H and O–H groups in total. The van der Waals surface area contributed by atoms with Gasteiger partial charge < -0.3 is 14.8 Å². The quantitative estimate of drug-likeness (QED) is 0.169. The standard InChI is InChI=1S/C22H18BrN3O3S/c1-28-20-12-15(14-24-26-22(30)25-18-8-3-2-4-9-18)10-11-19(20)29-21(27)16-6-5-7-17(23)13-16/h2-14H,1H3,(H2,25,26,30)/b24-14-. The van der Waals surface area contributed by atoms with Crippen molar-refractivity contribution in [3.05, 3.63) is 88.4 Å². The molecule has 0 saturated carbocycles. The van der Waals surface area contributed by atoms with E-state index in [0.29, 0.717) is 22.2 Å². The third kappa shape index (κ3) is 6.13. The zero-order chi connectivity index (χ0) is 21.3. The van der Waals surface area contributed by atoms with Gasteiger partial charge in [0, 0.05) is 10.2 Å². The van der Waals surface area contributed by atoms with Crippen LogP contribution in [0.4, 0.5) is 5.69 Å². The number of methoxy groups -OCH3 is 1. The molecule has 8 heteroatoms. The minimum atomic E-state index is -0.477. The van der Waals surface area contributed by atoms with E-state index in [-0.39, 0.29) is 0 Å². The van der Waals surface area contributed by atoms with E-state index in [4.69, 9.17) is 21.7 Å². The number of hydrazone groups is 1. The van der Waals surface area contributed by atoms with Crippen molar-refractivity contribution in [2.24, 2.45) is 5.10 Å². The average Bonchev–Trinajstić information content (AvgIpc) is 2.75. The van der Waals surface area contributed by atoms with Crippen LogP contribution in [0.15, 0.2) is 82.4 Å². The first kappa shape index (κ1) is 21.5. The van der Waals surface area contributed by atoms with Crippen LogP contribution in [0.1, 0.15) is 15.9 Å². The van der Waals surface area contributed by atoms with Crippen molar-refractivity contribution in [3.63, 3.8) is 0 Å². The molecule has 0 atom stereocenters. The number of carbonyl (C=O) groups excluding carboxylic acids is 1. The number of ether oxygens (including phenoxy) is 2. The third-order valence-corrected chi connectivity index (χ3v) is 4.55. The molecule has 152 valence electrons. The second kappa shape index (κ2) is 10.5. The summed E-state index contributed by atoms with van der Waals surface area (Å²) in [5.74, 6) is 0.246. The lowest BCUT2D eigenvalue weighted by Crippen LogP contribution is -2.23. The first-order chi connectivity index (χ1) is 14.5. The average molecular weight is 484 g/mol. The molecular weight excluding hydrogens is 466 g/mol. The number of thiocarbonyl (C=S) groups is 1. The normalized spacial score (nSPS) is 10.5. The fourth-order valence-corrected chi connectivity index (χ4v) is 3.04. The van der Waals surface area contributed by atoms with Crippen molar-refractivity contribution in [1.29, 1.82) is 0 Å². The number of hydrogen-bond donors (Lipinski definition) is 2. The number of esters is 1. The van der Waals surface area contributed by atoms with Crippen molar-refractivity contribution >= 4 is 51.1 Å². The second-order valence-electron chi connectivity index (χ2n) is 6.00. The third-order valence-electron chi connectivity index (χ3n) is 3.86. The molecule has 0 radical (unpaired) electrons. The first-order valence-corrected chi connectivity index (χ1v) is 10.1. The zero-order valence-electron chi connectivity index (χ0n) is 16.0. The van der Waals surface area contributed by atoms with Gasteiger partial charge in [-0.15, -0.1) is 0 Å². The molecule has 0 heterocycles. The van der Waals surface area contributed by atoms with E-state index >= 15 is 0 Å². The van der Waals surface area contributed by atoms with Gasteiger partial charge in [-0.1, -0.05) is 40.2 Å². The topological polar surface area (TPSA) is 71.9 Å². The summed E-state index contributed by atoms with van der Waals surface area (Å²) in [5, 5.41) is 7.50. The smallest absolute Gasteiger partial charge is 0.343 e. The number of benzene rings is 3. The highest BCUT2D eigenvalue weighted by molar-refractivity contribution is 9.10. The highest BCUT2D eigenvalue weighted by atomic mass is 79.9. The Bertz CT molecular complexity index is 1070. The molecule has 0 aliphatic heterocycles. The number of carbonyl (C=O) groups is 1. The van der Waals surface area contributed by atoms with Crippen molar-refractivity contribution in [1.82, 2.24) is 5.43 Å². The van der Waals surface area contributed by atoms with Crippen LogP contribution in [0.25, 0.3) is 0 Å². The predicted molar refractivity (Wildman–Crippen MR) is 125 cm³/mol. The Morgan fingerprint density at radius 3 is 2.57 bits per heavy atom. The lowest BCUT2D eigenvalue weighted by molar-refractivity contribution is 0.0729. The summed E-state index contributed by atoms with van der Waals surface area (Å²) >= 11 is 8.54. The minimum absolute atomic E-state index is 0.314. The highest BCUT2D eigenvalue weighted by Crippen LogP contribution is 2.28. The maximum atomic E-state index is 12.4. The maximum absolute atomic E-state index is 12.4. The summed E-state index contributed by atoms with van der Waals surface area (Å²) < 4.78 is 11.6. The predicted octanol–water partition coefficient (Wildman–Crippen LogP) is 5.00. The van der Waals surface area contributed by atoms with Gasteiger partial charge >= 0.3 is 5.97 Å². The number of para-hydroxylation sites is 1. The van der Waals surface area contributed by atoms with Crippen molar-refractivity contribution < 1.29 is 14.3 Å². The minimum Gasteiger partial charge on any atom is -0.493 e. The second-order valence-corrected chi connectivity index (χ2v) is 7.32. The number of anilines is 1. The lowest BCUT2D eigenvalue weighted by Gasteiger charge is -2.10. The van der Waals surface area contributed by atoms with E-state index in [0.717, 1.165) is 15.7 Å². The Labute approximate surface area is 188 Å². The molecule has 0 spiro atoms. The monoisotopic (exact) mass is 483 g/mol. The molecule has 0 aliphatic rings. The van der Waals surface area contributed by atoms with Gasteiger partial charge in [0.15, 0.2) is 16.6 Å². The van der Waals surface area contributed by atoms with Crippen LogP contribution in [-0.4, -0.2) is 24.4 Å². The highest BCUT2D eigenvalue weighted by Gasteiger charge is 2.13. The lowest BCUT2D eigenvalue weighted by atomic mass is 10.2. The van der Waals surface area contributed by atoms with Crippen LogP contribution in [0.5, 0.6) is 11.5 Å². The molecule has 0 fully saturated rings. The van der Waals surface area contributed by atoms with Gasteiger partial charge in [0.1, 0.15) is 0 Å². The largest absolute Gasteiger partial charge is 0.493 e. The summed E-state index contributed by atoms with van der Waals surface area (Å²) in [5.41, 5.74) is 4.79. The van der Waals surface area contributed by atoms with Crippen molar-refractivity contribution in [2.45, 2.75) is 0 Å². The number of rotatable bonds is 6. The van der Waals surface area contributed by atoms with Crippen LogP contribution in [0.2, 0.25) is 0 Å². The molecule has 0 amide bonds. The van der Waals surface area contributed by atoms with Crippen LogP contribution in [-0.2, 0) is 0 Å². The van der Waals surface area contributed by atoms with E-state index in [1.165, 1.54) is 7.11 Å². The number of hydrogen-bond acceptors (Lipinski definition) is 5. The van der Waals surface area contributed by atoms with Crippen LogP contribution >= 0.6 is 28.1 Å². The molecule has 0 aromatic heterocycles. The summed E-state index contributed by atoms with van der Waals surface area (Å²) in [6.07, 6.45) is 1.58. The summed E-state index contributed by atoms with van der Waals surface area (Å²) in [7, 11) is 1.50. The molecule has 0 saturated heterocycles. The van der Waals surface area contributed by atoms with Gasteiger partial charge in [0.2, 0.25) is 0 Å². The van der Waals surface area contributed by atoms with E-state index in [9.17, 15) is 4.79 Å². The van der Waals surface area contributed by atoms with E-state index < -0.39 is 5.97 Å². The van der Waals surface area contributed by atoms with Crippen molar-refractivity contribution in [3.8, 4) is 11.5 Å². The Kier molecular flexibility index (Phi) is 7.53. The van der Waals surface area contributed by atoms with E-state index in [1.54, 1.807) is 42.6 Å². The van der Waals surface area contributed by atoms with Crippen LogP contribution < -0.4 is 20.2 Å². The molecule has 3 aromatic rings. The summed E-state index contributed by atoms with van der Waals surface area (Å²) in [6.45, 7) is 0. The van der Waals surface area contributed by atoms with Crippen LogP contribution in [0.3, 0.4) is 0 Å². The van der Waals surface area contributed by atoms with E-state index in [2.05, 4.69) is 31.8 Å². The maximum Gasteiger partial charge on any atom is 0.343 e. The Balaban J connectivity index is 1.62. The van der Waals surface area contributed by atoms with Gasteiger partial charge in [-0.3, -0.25) is 5.43 Å². The fourth-order valence-electron chi connectivity index (χ4n) is 2.47. The van der Waals surface area contributed by atoms with E-state index in [1.807, 2.05) is 36.4 Å². The molecule has 0 unspecified atom stereocenters. The molecule has 6 nitrogen and oxygen atoms in total. The molecular formula is C22H18BrN3O3S. The Morgan fingerprint density at radius 2 is 1.83 bits per heavy atom. The van der Waals surface area contributed by atoms with Gasteiger partial charge in [-0.25, -0.2) is 4.79 Å². The molecule has 3 rings (SSSR count). The zero-order valence-corrected chi connectivity index (χ0v) is 18.4. The van der Waals surface area contributed by atoms with Gasteiger partial charge in [0.05, 0.1) is 18.9 Å². The van der Waals surface area contributed by atoms with Crippen LogP contribution in [0, 0.1) is 0 Å². The fraction of sp³-hybridized carbons (Fsp3) is 0.0455. The molecule has 0 aliphatic carbocycles. The Hall–Kier alpha value is -3.23. The Morgan fingerprint density at radius 1 is 1.03 bits per heavy atom. The van der Waals surface area contributed by atoms with Gasteiger partial charge in [-0.05, 0) is 66.3 Å². The first-order valence-electron chi connectivity index (χ1n) is 8.86. The number of nitrogens with one attached hydrogen (secondary N) is 2. The SMILES string of the molecule is COc1cc(/C=N\NC(=S)Nc2ccccc2)ccc1OC(=O)c1cccc(Br)c1. The number of halogens is 1. The van der Waals surface area contributed by atoms with Gasteiger partial charge in [0.25, 0.3) is 0 Å². The summed E-state index contributed by atoms with van der Waals surface area (Å²) in [6, 6.07) is 21.6. The number of nitrogens with zero attached hydrogens (tertiary/aromatic N) is 1. The van der Waals surface area contributed by atoms with Crippen molar-refractivity contribution in [2.75, 3.05) is 12.4 Å². The van der Waals surface area contributed by atoms with Gasteiger partial charge in [-0.2, -0.15) is 5.10 Å². The molecule has 0 bridgehead atoms.